The molecule has 0 amide bonds. The number of halogens is 1. The van der Waals surface area contributed by atoms with Crippen LogP contribution in [0.4, 0.5) is 5.13 Å². The highest BCUT2D eigenvalue weighted by Gasteiger charge is 2.04. The number of fused-ring (bicyclic) bond motifs is 1. The topological polar surface area (TPSA) is 50.9 Å². The Bertz CT molecular complexity index is 413. The third kappa shape index (κ3) is 1.48. The molecule has 0 aliphatic rings. The van der Waals surface area contributed by atoms with Crippen molar-refractivity contribution in [3.05, 3.63) is 22.7 Å². The van der Waals surface area contributed by atoms with E-state index in [0.717, 1.165) is 20.8 Å². The standard InChI is InChI=1S/C8H8ClN3S/c1-4-2-7-6(3-5(4)9)11-8(12-10)13-7/h2-3H,10H2,1H3,(H,11,12). The molecule has 0 bridgehead atoms. The fourth-order valence-electron chi connectivity index (χ4n) is 1.11. The quantitative estimate of drug-likeness (QED) is 0.566. The molecule has 0 atom stereocenters. The van der Waals surface area contributed by atoms with Crippen LogP contribution in [0.25, 0.3) is 10.2 Å². The van der Waals surface area contributed by atoms with Crippen molar-refractivity contribution >= 4 is 38.3 Å². The first-order valence-electron chi connectivity index (χ1n) is 3.74. The molecule has 0 saturated carbocycles. The normalized spacial score (nSPS) is 10.7. The second-order valence-electron chi connectivity index (χ2n) is 2.73. The van der Waals surface area contributed by atoms with Gasteiger partial charge < -0.3 is 0 Å². The molecule has 2 aromatic rings. The summed E-state index contributed by atoms with van der Waals surface area (Å²) in [5, 5.41) is 1.44. The number of aromatic nitrogens is 1. The van der Waals surface area contributed by atoms with Gasteiger partial charge in [-0.25, -0.2) is 10.8 Å². The summed E-state index contributed by atoms with van der Waals surface area (Å²) >= 11 is 7.47. The fourth-order valence-corrected chi connectivity index (χ4v) is 2.13. The predicted octanol–water partition coefficient (Wildman–Crippen LogP) is 2.54. The van der Waals surface area contributed by atoms with Gasteiger partial charge >= 0.3 is 0 Å². The van der Waals surface area contributed by atoms with E-state index in [1.54, 1.807) is 0 Å². The zero-order valence-corrected chi connectivity index (χ0v) is 8.54. The highest BCUT2D eigenvalue weighted by atomic mass is 35.5. The van der Waals surface area contributed by atoms with Gasteiger partial charge in [-0.15, -0.1) is 0 Å². The van der Waals surface area contributed by atoms with Crippen LogP contribution < -0.4 is 11.3 Å². The lowest BCUT2D eigenvalue weighted by atomic mass is 10.2. The first kappa shape index (κ1) is 8.74. The number of hydrogen-bond acceptors (Lipinski definition) is 4. The van der Waals surface area contributed by atoms with Gasteiger partial charge in [0, 0.05) is 5.02 Å². The molecule has 0 aliphatic heterocycles. The van der Waals surface area contributed by atoms with Gasteiger partial charge in [-0.2, -0.15) is 0 Å². The molecule has 2 rings (SSSR count). The third-order valence-corrected chi connectivity index (χ3v) is 3.15. The van der Waals surface area contributed by atoms with E-state index < -0.39 is 0 Å². The lowest BCUT2D eigenvalue weighted by molar-refractivity contribution is 1.31. The molecule has 0 aliphatic carbocycles. The zero-order chi connectivity index (χ0) is 9.42. The van der Waals surface area contributed by atoms with Crippen molar-refractivity contribution in [1.29, 1.82) is 0 Å². The van der Waals surface area contributed by atoms with Crippen LogP contribution in [0, 0.1) is 6.92 Å². The van der Waals surface area contributed by atoms with Gasteiger partial charge in [-0.3, -0.25) is 5.43 Å². The molecule has 0 unspecified atom stereocenters. The van der Waals surface area contributed by atoms with E-state index in [1.807, 2.05) is 19.1 Å². The minimum absolute atomic E-state index is 0.705. The fraction of sp³-hybridized carbons (Fsp3) is 0.125. The number of nitrogens with one attached hydrogen (secondary N) is 1. The highest BCUT2D eigenvalue weighted by molar-refractivity contribution is 7.22. The Morgan fingerprint density at radius 3 is 3.00 bits per heavy atom. The van der Waals surface area contributed by atoms with Crippen molar-refractivity contribution in [2.45, 2.75) is 6.92 Å². The SMILES string of the molecule is Cc1cc2sc(NN)nc2cc1Cl. The Hall–Kier alpha value is -0.840. The Labute approximate surface area is 84.5 Å². The lowest BCUT2D eigenvalue weighted by Crippen LogP contribution is -2.05. The molecule has 0 saturated heterocycles. The number of anilines is 1. The van der Waals surface area contributed by atoms with Gasteiger partial charge in [-0.1, -0.05) is 22.9 Å². The summed E-state index contributed by atoms with van der Waals surface area (Å²) in [6.07, 6.45) is 0. The van der Waals surface area contributed by atoms with E-state index in [9.17, 15) is 0 Å². The Morgan fingerprint density at radius 2 is 2.31 bits per heavy atom. The van der Waals surface area contributed by atoms with E-state index in [4.69, 9.17) is 17.4 Å². The molecule has 3 N–H and O–H groups in total. The number of nitrogens with zero attached hydrogens (tertiary/aromatic N) is 1. The molecule has 0 radical (unpaired) electrons. The highest BCUT2D eigenvalue weighted by Crippen LogP contribution is 2.29. The second-order valence-corrected chi connectivity index (χ2v) is 4.17. The molecule has 0 fully saturated rings. The van der Waals surface area contributed by atoms with Gasteiger partial charge in [0.1, 0.15) is 0 Å². The first-order chi connectivity index (χ1) is 6.20. The smallest absolute Gasteiger partial charge is 0.198 e. The maximum atomic E-state index is 5.95. The molecule has 68 valence electrons. The monoisotopic (exact) mass is 213 g/mol. The summed E-state index contributed by atoms with van der Waals surface area (Å²) in [4.78, 5) is 4.23. The predicted molar refractivity (Wildman–Crippen MR) is 57.2 cm³/mol. The van der Waals surface area contributed by atoms with Crippen molar-refractivity contribution in [3.8, 4) is 0 Å². The van der Waals surface area contributed by atoms with Gasteiger partial charge in [0.2, 0.25) is 0 Å². The van der Waals surface area contributed by atoms with Gasteiger partial charge in [0.25, 0.3) is 0 Å². The van der Waals surface area contributed by atoms with Gasteiger partial charge in [-0.05, 0) is 24.6 Å². The van der Waals surface area contributed by atoms with Crippen LogP contribution in [-0.2, 0) is 0 Å². The molecular weight excluding hydrogens is 206 g/mol. The number of aryl methyl sites for hydroxylation is 1. The van der Waals surface area contributed by atoms with Crippen molar-refractivity contribution in [3.63, 3.8) is 0 Å². The Balaban J connectivity index is 2.70. The van der Waals surface area contributed by atoms with Crippen LogP contribution in [0.2, 0.25) is 5.02 Å². The number of rotatable bonds is 1. The van der Waals surface area contributed by atoms with E-state index >= 15 is 0 Å². The second kappa shape index (κ2) is 3.14. The molecular formula is C8H8ClN3S. The molecule has 0 spiro atoms. The molecule has 1 heterocycles. The maximum absolute atomic E-state index is 5.95. The zero-order valence-electron chi connectivity index (χ0n) is 6.97. The number of hydrazine groups is 1. The Kier molecular flexibility index (Phi) is 2.11. The number of nitrogens with two attached hydrogens (primary N) is 1. The van der Waals surface area contributed by atoms with Crippen LogP contribution in [-0.4, -0.2) is 4.98 Å². The largest absolute Gasteiger partial charge is 0.300 e. The number of nitrogen functional groups attached to an aromatic ring is 1. The van der Waals surface area contributed by atoms with E-state index in [2.05, 4.69) is 10.4 Å². The van der Waals surface area contributed by atoms with E-state index in [1.165, 1.54) is 11.3 Å². The number of benzene rings is 1. The summed E-state index contributed by atoms with van der Waals surface area (Å²) < 4.78 is 1.09. The van der Waals surface area contributed by atoms with Crippen molar-refractivity contribution in [2.75, 3.05) is 5.43 Å². The van der Waals surface area contributed by atoms with E-state index in [-0.39, 0.29) is 0 Å². The molecule has 3 nitrogen and oxygen atoms in total. The molecule has 1 aromatic carbocycles. The summed E-state index contributed by atoms with van der Waals surface area (Å²) in [5.74, 6) is 5.25. The van der Waals surface area contributed by atoms with Crippen LogP contribution >= 0.6 is 22.9 Å². The minimum atomic E-state index is 0.705. The summed E-state index contributed by atoms with van der Waals surface area (Å²) in [6, 6.07) is 3.86. The average molecular weight is 214 g/mol. The molecule has 1 aromatic heterocycles. The van der Waals surface area contributed by atoms with E-state index in [0.29, 0.717) is 5.13 Å². The van der Waals surface area contributed by atoms with Gasteiger partial charge in [0.05, 0.1) is 10.2 Å². The van der Waals surface area contributed by atoms with Gasteiger partial charge in [0.15, 0.2) is 5.13 Å². The lowest BCUT2D eigenvalue weighted by Gasteiger charge is -1.94. The van der Waals surface area contributed by atoms with Crippen molar-refractivity contribution in [2.24, 2.45) is 5.84 Å². The van der Waals surface area contributed by atoms with Crippen LogP contribution in [0.1, 0.15) is 5.56 Å². The van der Waals surface area contributed by atoms with Crippen molar-refractivity contribution in [1.82, 2.24) is 4.98 Å². The third-order valence-electron chi connectivity index (χ3n) is 1.79. The van der Waals surface area contributed by atoms with Crippen molar-refractivity contribution < 1.29 is 0 Å². The molecule has 5 heteroatoms. The van der Waals surface area contributed by atoms with Crippen LogP contribution in [0.15, 0.2) is 12.1 Å². The first-order valence-corrected chi connectivity index (χ1v) is 4.93. The summed E-state index contributed by atoms with van der Waals surface area (Å²) in [7, 11) is 0. The maximum Gasteiger partial charge on any atom is 0.198 e. The Morgan fingerprint density at radius 1 is 1.54 bits per heavy atom. The summed E-state index contributed by atoms with van der Waals surface area (Å²) in [5.41, 5.74) is 4.46. The minimum Gasteiger partial charge on any atom is -0.300 e. The van der Waals surface area contributed by atoms with Crippen LogP contribution in [0.3, 0.4) is 0 Å². The number of hydrogen-bond donors (Lipinski definition) is 2. The number of thiazole rings is 1. The summed E-state index contributed by atoms with van der Waals surface area (Å²) in [6.45, 7) is 1.97. The average Bonchev–Trinajstić information content (AvgIpc) is 2.48. The molecule has 13 heavy (non-hydrogen) atoms. The van der Waals surface area contributed by atoms with Crippen LogP contribution in [0.5, 0.6) is 0 Å².